The molecule has 0 aromatic heterocycles. The van der Waals surface area contributed by atoms with E-state index in [1.807, 2.05) is 0 Å². The highest BCUT2D eigenvalue weighted by Gasteiger charge is 2.10. The Morgan fingerprint density at radius 1 is 1.11 bits per heavy atom. The molecule has 0 spiro atoms. The number of hydrogen-bond acceptors (Lipinski definition) is 4. The van der Waals surface area contributed by atoms with Crippen molar-refractivity contribution >= 4 is 5.97 Å². The second kappa shape index (κ2) is 5.44. The molecule has 2 aromatic carbocycles. The van der Waals surface area contributed by atoms with E-state index in [0.717, 1.165) is 0 Å². The van der Waals surface area contributed by atoms with Crippen molar-refractivity contribution in [2.75, 3.05) is 7.11 Å². The maximum absolute atomic E-state index is 11.9. The minimum Gasteiger partial charge on any atom is -0.508 e. The van der Waals surface area contributed by atoms with Crippen LogP contribution in [-0.2, 0) is 0 Å². The van der Waals surface area contributed by atoms with Gasteiger partial charge in [0.1, 0.15) is 17.2 Å². The molecule has 19 heavy (non-hydrogen) atoms. The zero-order chi connectivity index (χ0) is 13.8. The molecule has 98 valence electrons. The van der Waals surface area contributed by atoms with Crippen LogP contribution in [0.2, 0.25) is 0 Å². The number of rotatable bonds is 3. The lowest BCUT2D eigenvalue weighted by Crippen LogP contribution is -2.09. The standard InChI is InChI=1S/C15H14O4/c1-10-9-12(16)5-8-14(10)19-15(17)11-3-6-13(18-2)7-4-11/h3-9,16H,1-2H3. The number of methoxy groups -OCH3 is 1. The van der Waals surface area contributed by atoms with Gasteiger partial charge in [-0.15, -0.1) is 0 Å². The average molecular weight is 258 g/mol. The van der Waals surface area contributed by atoms with E-state index in [2.05, 4.69) is 0 Å². The summed E-state index contributed by atoms with van der Waals surface area (Å²) in [7, 11) is 1.56. The summed E-state index contributed by atoms with van der Waals surface area (Å²) in [5.74, 6) is 0.800. The van der Waals surface area contributed by atoms with Gasteiger partial charge in [-0.05, 0) is 55.0 Å². The highest BCUT2D eigenvalue weighted by molar-refractivity contribution is 5.91. The molecule has 0 radical (unpaired) electrons. The topological polar surface area (TPSA) is 55.8 Å². The van der Waals surface area contributed by atoms with Crippen molar-refractivity contribution in [2.45, 2.75) is 6.92 Å². The van der Waals surface area contributed by atoms with Crippen molar-refractivity contribution in [3.63, 3.8) is 0 Å². The first-order valence-electron chi connectivity index (χ1n) is 5.76. The van der Waals surface area contributed by atoms with E-state index in [1.165, 1.54) is 12.1 Å². The van der Waals surface area contributed by atoms with Crippen LogP contribution in [0.1, 0.15) is 15.9 Å². The van der Waals surface area contributed by atoms with Crippen LogP contribution >= 0.6 is 0 Å². The van der Waals surface area contributed by atoms with Crippen molar-refractivity contribution in [2.24, 2.45) is 0 Å². The van der Waals surface area contributed by atoms with Gasteiger partial charge in [-0.3, -0.25) is 0 Å². The number of hydrogen-bond donors (Lipinski definition) is 1. The number of benzene rings is 2. The van der Waals surface area contributed by atoms with E-state index in [1.54, 1.807) is 44.4 Å². The van der Waals surface area contributed by atoms with Crippen LogP contribution in [0.3, 0.4) is 0 Å². The molecule has 2 aromatic rings. The summed E-state index contributed by atoms with van der Waals surface area (Å²) < 4.78 is 10.3. The van der Waals surface area contributed by atoms with Crippen LogP contribution in [-0.4, -0.2) is 18.2 Å². The van der Waals surface area contributed by atoms with Crippen molar-refractivity contribution in [3.8, 4) is 17.2 Å². The summed E-state index contributed by atoms with van der Waals surface area (Å²) in [4.78, 5) is 11.9. The molecular formula is C15H14O4. The molecule has 0 aliphatic heterocycles. The van der Waals surface area contributed by atoms with Crippen molar-refractivity contribution in [1.29, 1.82) is 0 Å². The third kappa shape index (κ3) is 3.04. The molecule has 0 heterocycles. The molecule has 1 N–H and O–H groups in total. The molecule has 0 bridgehead atoms. The first kappa shape index (κ1) is 13.0. The Kier molecular flexibility index (Phi) is 3.71. The number of carbonyl (C=O) groups excluding carboxylic acids is 1. The maximum Gasteiger partial charge on any atom is 0.343 e. The predicted octanol–water partition coefficient (Wildman–Crippen LogP) is 2.93. The minimum atomic E-state index is -0.448. The van der Waals surface area contributed by atoms with Gasteiger partial charge in [-0.1, -0.05) is 0 Å². The van der Waals surface area contributed by atoms with Crippen LogP contribution in [0.15, 0.2) is 42.5 Å². The van der Waals surface area contributed by atoms with Gasteiger partial charge in [0, 0.05) is 0 Å². The third-order valence-corrected chi connectivity index (χ3v) is 2.69. The molecule has 0 aliphatic carbocycles. The fraction of sp³-hybridized carbons (Fsp3) is 0.133. The van der Waals surface area contributed by atoms with Crippen LogP contribution in [0.5, 0.6) is 17.2 Å². The maximum atomic E-state index is 11.9. The monoisotopic (exact) mass is 258 g/mol. The minimum absolute atomic E-state index is 0.141. The van der Waals surface area contributed by atoms with Crippen molar-refractivity contribution in [1.82, 2.24) is 0 Å². The molecule has 0 aliphatic rings. The second-order valence-electron chi connectivity index (χ2n) is 4.07. The molecule has 0 atom stereocenters. The summed E-state index contributed by atoms with van der Waals surface area (Å²) in [6, 6.07) is 11.2. The lowest BCUT2D eigenvalue weighted by atomic mass is 10.2. The molecule has 0 saturated carbocycles. The number of phenols is 1. The van der Waals surface area contributed by atoms with E-state index in [4.69, 9.17) is 9.47 Å². The molecule has 4 nitrogen and oxygen atoms in total. The highest BCUT2D eigenvalue weighted by atomic mass is 16.5. The van der Waals surface area contributed by atoms with Gasteiger partial charge >= 0.3 is 5.97 Å². The number of ether oxygens (including phenoxy) is 2. The van der Waals surface area contributed by atoms with Crippen LogP contribution in [0, 0.1) is 6.92 Å². The predicted molar refractivity (Wildman–Crippen MR) is 70.8 cm³/mol. The van der Waals surface area contributed by atoms with Gasteiger partial charge in [0.2, 0.25) is 0 Å². The lowest BCUT2D eigenvalue weighted by Gasteiger charge is -2.08. The van der Waals surface area contributed by atoms with Gasteiger partial charge in [-0.25, -0.2) is 4.79 Å². The Morgan fingerprint density at radius 2 is 1.79 bits per heavy atom. The Morgan fingerprint density at radius 3 is 2.37 bits per heavy atom. The van der Waals surface area contributed by atoms with E-state index < -0.39 is 5.97 Å². The summed E-state index contributed by atoms with van der Waals surface area (Å²) in [5.41, 5.74) is 1.13. The van der Waals surface area contributed by atoms with E-state index >= 15 is 0 Å². The van der Waals surface area contributed by atoms with Gasteiger partial charge in [0.15, 0.2) is 0 Å². The van der Waals surface area contributed by atoms with Crippen LogP contribution < -0.4 is 9.47 Å². The first-order chi connectivity index (χ1) is 9.10. The number of aryl methyl sites for hydroxylation is 1. The van der Waals surface area contributed by atoms with Gasteiger partial charge in [0.25, 0.3) is 0 Å². The molecule has 0 amide bonds. The van der Waals surface area contributed by atoms with E-state index in [-0.39, 0.29) is 5.75 Å². The number of esters is 1. The summed E-state index contributed by atoms with van der Waals surface area (Å²) in [6.07, 6.45) is 0. The number of aromatic hydroxyl groups is 1. The molecule has 0 fully saturated rings. The molecule has 0 unspecified atom stereocenters. The Labute approximate surface area is 111 Å². The summed E-state index contributed by atoms with van der Waals surface area (Å²) >= 11 is 0. The van der Waals surface area contributed by atoms with Gasteiger partial charge in [-0.2, -0.15) is 0 Å². The molecule has 4 heteroatoms. The summed E-state index contributed by atoms with van der Waals surface area (Å²) in [5, 5.41) is 9.29. The highest BCUT2D eigenvalue weighted by Crippen LogP contribution is 2.23. The van der Waals surface area contributed by atoms with E-state index in [9.17, 15) is 9.90 Å². The van der Waals surface area contributed by atoms with Crippen LogP contribution in [0.25, 0.3) is 0 Å². The number of phenolic OH excluding ortho intramolecular Hbond substituents is 1. The van der Waals surface area contributed by atoms with Crippen LogP contribution in [0.4, 0.5) is 0 Å². The normalized spacial score (nSPS) is 10.0. The fourth-order valence-electron chi connectivity index (χ4n) is 1.63. The number of carbonyl (C=O) groups is 1. The van der Waals surface area contributed by atoms with Crippen molar-refractivity contribution in [3.05, 3.63) is 53.6 Å². The molecule has 0 saturated heterocycles. The van der Waals surface area contributed by atoms with Crippen molar-refractivity contribution < 1.29 is 19.4 Å². The second-order valence-corrected chi connectivity index (χ2v) is 4.07. The summed E-state index contributed by atoms with van der Waals surface area (Å²) in [6.45, 7) is 1.76. The Bertz CT molecular complexity index is 588. The smallest absolute Gasteiger partial charge is 0.343 e. The van der Waals surface area contributed by atoms with E-state index in [0.29, 0.717) is 22.6 Å². The zero-order valence-electron chi connectivity index (χ0n) is 10.7. The Hall–Kier alpha value is -2.49. The third-order valence-electron chi connectivity index (χ3n) is 2.69. The zero-order valence-corrected chi connectivity index (χ0v) is 10.7. The quantitative estimate of drug-likeness (QED) is 0.679. The first-order valence-corrected chi connectivity index (χ1v) is 5.76. The SMILES string of the molecule is COc1ccc(C(=O)Oc2ccc(O)cc2C)cc1. The van der Waals surface area contributed by atoms with Gasteiger partial charge < -0.3 is 14.6 Å². The Balaban J connectivity index is 2.15. The average Bonchev–Trinajstić information content (AvgIpc) is 2.42. The fourth-order valence-corrected chi connectivity index (χ4v) is 1.63. The largest absolute Gasteiger partial charge is 0.508 e. The lowest BCUT2D eigenvalue weighted by molar-refractivity contribution is 0.0733. The molecule has 2 rings (SSSR count). The van der Waals surface area contributed by atoms with Gasteiger partial charge in [0.05, 0.1) is 12.7 Å². The molecular weight excluding hydrogens is 244 g/mol.